The van der Waals surface area contributed by atoms with Gasteiger partial charge in [-0.3, -0.25) is 10.1 Å². The number of nitrogens with one attached hydrogen (secondary N) is 4. The Morgan fingerprint density at radius 1 is 1.19 bits per heavy atom. The van der Waals surface area contributed by atoms with E-state index in [1.54, 1.807) is 18.9 Å². The first kappa shape index (κ1) is 23.7. The number of fused-ring (bicyclic) bond motifs is 1. The van der Waals surface area contributed by atoms with Gasteiger partial charge in [-0.25, -0.2) is 4.72 Å². The first-order valence-electron chi connectivity index (χ1n) is 11.5. The average Bonchev–Trinajstić information content (AvgIpc) is 3.32. The molecule has 1 amide bonds. The van der Waals surface area contributed by atoms with Gasteiger partial charge in [0.05, 0.1) is 12.0 Å². The molecule has 1 aliphatic carbocycles. The minimum atomic E-state index is -3.41. The summed E-state index contributed by atoms with van der Waals surface area (Å²) in [5.74, 6) is 0.780. The fourth-order valence-corrected chi connectivity index (χ4v) is 8.36. The van der Waals surface area contributed by atoms with Gasteiger partial charge in [0, 0.05) is 51.1 Å². The van der Waals surface area contributed by atoms with Gasteiger partial charge in [0.1, 0.15) is 5.50 Å². The first-order valence-corrected chi connectivity index (χ1v) is 13.9. The molecule has 0 aromatic carbocycles. The highest BCUT2D eigenvalue weighted by Gasteiger charge is 2.47. The maximum atomic E-state index is 13.3. The van der Waals surface area contributed by atoms with Crippen LogP contribution in [0.1, 0.15) is 39.0 Å². The number of carbonyl (C=O) groups excluding carboxylic acids is 1. The third-order valence-corrected chi connectivity index (χ3v) is 10.4. The van der Waals surface area contributed by atoms with Gasteiger partial charge in [-0.1, -0.05) is 12.8 Å². The summed E-state index contributed by atoms with van der Waals surface area (Å²) in [6.07, 6.45) is 5.89. The molecule has 9 nitrogen and oxygen atoms in total. The number of nitrogens with zero attached hydrogens (tertiary/aromatic N) is 1. The highest BCUT2D eigenvalue weighted by Crippen LogP contribution is 2.40. The quantitative estimate of drug-likeness (QED) is 0.430. The molecule has 31 heavy (non-hydrogen) atoms. The molecule has 3 heterocycles. The number of ether oxygens (including phenoxy) is 1. The van der Waals surface area contributed by atoms with Gasteiger partial charge in [-0.05, 0) is 38.0 Å². The Morgan fingerprint density at radius 2 is 1.97 bits per heavy atom. The smallest absolute Gasteiger partial charge is 0.279 e. The summed E-state index contributed by atoms with van der Waals surface area (Å²) in [7, 11) is -0.171. The fraction of sp³-hybridized carbons (Fsp3) is 0.950. The Kier molecular flexibility index (Phi) is 7.52. The summed E-state index contributed by atoms with van der Waals surface area (Å²) in [6, 6.07) is 0.460. The van der Waals surface area contributed by atoms with Crippen molar-refractivity contribution >= 4 is 27.9 Å². The molecule has 0 bridgehead atoms. The molecule has 8 unspecified atom stereocenters. The Bertz CT molecular complexity index is 740. The van der Waals surface area contributed by atoms with Crippen LogP contribution < -0.4 is 20.7 Å². The summed E-state index contributed by atoms with van der Waals surface area (Å²) < 4.78 is 33.8. The largest absolute Gasteiger partial charge is 0.381 e. The van der Waals surface area contributed by atoms with Crippen LogP contribution in [0.25, 0.3) is 0 Å². The predicted molar refractivity (Wildman–Crippen MR) is 122 cm³/mol. The molecule has 178 valence electrons. The molecule has 0 spiro atoms. The maximum Gasteiger partial charge on any atom is 0.279 e. The summed E-state index contributed by atoms with van der Waals surface area (Å²) in [5.41, 5.74) is -0.175. The van der Waals surface area contributed by atoms with E-state index in [9.17, 15) is 13.2 Å². The molecule has 0 aromatic heterocycles. The van der Waals surface area contributed by atoms with E-state index in [1.165, 1.54) is 24.2 Å². The van der Waals surface area contributed by atoms with E-state index in [4.69, 9.17) is 4.74 Å². The van der Waals surface area contributed by atoms with Gasteiger partial charge in [-0.2, -0.15) is 12.7 Å². The molecule has 4 aliphatic rings. The van der Waals surface area contributed by atoms with Crippen LogP contribution in [-0.4, -0.2) is 81.4 Å². The van der Waals surface area contributed by atoms with E-state index in [0.29, 0.717) is 37.5 Å². The zero-order valence-electron chi connectivity index (χ0n) is 18.7. The van der Waals surface area contributed by atoms with E-state index in [-0.39, 0.29) is 34.7 Å². The number of amides is 1. The lowest BCUT2D eigenvalue weighted by Crippen LogP contribution is -2.55. The highest BCUT2D eigenvalue weighted by molar-refractivity contribution is 8.00. The minimum Gasteiger partial charge on any atom is -0.381 e. The van der Waals surface area contributed by atoms with Crippen LogP contribution in [-0.2, 0) is 19.7 Å². The fourth-order valence-electron chi connectivity index (χ4n) is 5.89. The van der Waals surface area contributed by atoms with Gasteiger partial charge < -0.3 is 15.4 Å². The van der Waals surface area contributed by atoms with E-state index < -0.39 is 10.2 Å². The average molecular weight is 476 g/mol. The third kappa shape index (κ3) is 5.07. The number of methoxy groups -OCH3 is 1. The van der Waals surface area contributed by atoms with Crippen molar-refractivity contribution in [1.29, 1.82) is 0 Å². The topological polar surface area (TPSA) is 112 Å². The molecule has 0 radical (unpaired) electrons. The molecule has 4 N–H and O–H groups in total. The van der Waals surface area contributed by atoms with Gasteiger partial charge in [0.15, 0.2) is 0 Å². The Hall–Kier alpha value is -0.430. The summed E-state index contributed by atoms with van der Waals surface area (Å²) in [6.45, 7) is 3.78. The summed E-state index contributed by atoms with van der Waals surface area (Å²) in [4.78, 5) is 13.3. The highest BCUT2D eigenvalue weighted by atomic mass is 32.2. The monoisotopic (exact) mass is 475 g/mol. The molecule has 4 rings (SSSR count). The Labute approximate surface area is 190 Å². The lowest BCUT2D eigenvalue weighted by atomic mass is 9.68. The van der Waals surface area contributed by atoms with Crippen molar-refractivity contribution in [3.63, 3.8) is 0 Å². The van der Waals surface area contributed by atoms with Crippen LogP contribution in [0, 0.1) is 17.8 Å². The Morgan fingerprint density at radius 3 is 2.68 bits per heavy atom. The first-order chi connectivity index (χ1) is 14.8. The molecule has 8 atom stereocenters. The zero-order valence-corrected chi connectivity index (χ0v) is 20.3. The van der Waals surface area contributed by atoms with Gasteiger partial charge >= 0.3 is 0 Å². The van der Waals surface area contributed by atoms with Crippen molar-refractivity contribution in [2.75, 3.05) is 33.8 Å². The molecule has 4 fully saturated rings. The SMILES string of the molecule is CNS(=O)(=O)N1CC2NC(NC(=O)C3CNC(C)CC3C3CCCCC3OC)SC2C1. The van der Waals surface area contributed by atoms with Crippen LogP contribution >= 0.6 is 11.8 Å². The number of carbonyl (C=O) groups is 1. The van der Waals surface area contributed by atoms with E-state index >= 15 is 0 Å². The molecular weight excluding hydrogens is 438 g/mol. The standard InChI is InChI=1S/C20H37N5O4S2/c1-12-8-14(13-6-4-5-7-17(13)29-3)15(9-22-12)19(26)24-20-23-16-10-25(11-18(16)30-20)31(27,28)21-2/h12-18,20-23H,4-11H2,1-3H3,(H,24,26). The lowest BCUT2D eigenvalue weighted by Gasteiger charge is -2.44. The van der Waals surface area contributed by atoms with Crippen molar-refractivity contribution in [3.8, 4) is 0 Å². The van der Waals surface area contributed by atoms with Gasteiger partial charge in [0.2, 0.25) is 5.91 Å². The second kappa shape index (κ2) is 9.82. The van der Waals surface area contributed by atoms with Crippen LogP contribution in [0.3, 0.4) is 0 Å². The lowest BCUT2D eigenvalue weighted by molar-refractivity contribution is -0.130. The molecule has 0 aromatic rings. The second-order valence-corrected chi connectivity index (χ2v) is 12.6. The van der Waals surface area contributed by atoms with Crippen LogP contribution in [0.2, 0.25) is 0 Å². The molecule has 3 saturated heterocycles. The van der Waals surface area contributed by atoms with Crippen molar-refractivity contribution < 1.29 is 17.9 Å². The molecule has 3 aliphatic heterocycles. The normalized spacial score (nSPS) is 41.8. The van der Waals surface area contributed by atoms with E-state index in [2.05, 4.69) is 27.6 Å². The third-order valence-electron chi connectivity index (χ3n) is 7.55. The number of hydrogen-bond donors (Lipinski definition) is 4. The Balaban J connectivity index is 1.37. The van der Waals surface area contributed by atoms with Crippen molar-refractivity contribution in [2.24, 2.45) is 17.8 Å². The van der Waals surface area contributed by atoms with Crippen LogP contribution in [0.5, 0.6) is 0 Å². The second-order valence-electron chi connectivity index (χ2n) is 9.40. The zero-order chi connectivity index (χ0) is 22.2. The molecular formula is C20H37N5O4S2. The number of hydrogen-bond acceptors (Lipinski definition) is 7. The summed E-state index contributed by atoms with van der Waals surface area (Å²) in [5, 5.41) is 10.3. The molecule has 11 heteroatoms. The molecule has 1 saturated carbocycles. The van der Waals surface area contributed by atoms with Crippen molar-refractivity contribution in [2.45, 2.75) is 68.0 Å². The van der Waals surface area contributed by atoms with Crippen molar-refractivity contribution in [3.05, 3.63) is 0 Å². The van der Waals surface area contributed by atoms with E-state index in [1.807, 2.05) is 0 Å². The van der Waals surface area contributed by atoms with Gasteiger partial charge in [0.25, 0.3) is 10.2 Å². The minimum absolute atomic E-state index is 0.0509. The van der Waals surface area contributed by atoms with Gasteiger partial charge in [-0.15, -0.1) is 11.8 Å². The maximum absolute atomic E-state index is 13.3. The summed E-state index contributed by atoms with van der Waals surface area (Å²) >= 11 is 1.62. The van der Waals surface area contributed by atoms with E-state index in [0.717, 1.165) is 19.3 Å². The predicted octanol–water partition coefficient (Wildman–Crippen LogP) is 0.0590. The van der Waals surface area contributed by atoms with Crippen LogP contribution in [0.4, 0.5) is 0 Å². The van der Waals surface area contributed by atoms with Crippen LogP contribution in [0.15, 0.2) is 0 Å². The number of piperidine rings is 1. The van der Waals surface area contributed by atoms with Crippen molar-refractivity contribution in [1.82, 2.24) is 25.0 Å². The number of thioether (sulfide) groups is 1. The number of rotatable bonds is 6.